The van der Waals surface area contributed by atoms with Gasteiger partial charge in [-0.3, -0.25) is 4.79 Å². The summed E-state index contributed by atoms with van der Waals surface area (Å²) in [5, 5.41) is 12.3. The fourth-order valence-corrected chi connectivity index (χ4v) is 3.42. The maximum absolute atomic E-state index is 12.2. The van der Waals surface area contributed by atoms with Crippen molar-refractivity contribution in [3.05, 3.63) is 0 Å². The lowest BCUT2D eigenvalue weighted by molar-refractivity contribution is -0.137. The summed E-state index contributed by atoms with van der Waals surface area (Å²) in [7, 11) is 0. The van der Waals surface area contributed by atoms with Crippen LogP contribution in [0.3, 0.4) is 0 Å². The highest BCUT2D eigenvalue weighted by atomic mass is 16.6. The largest absolute Gasteiger partial charge is 0.481 e. The fourth-order valence-electron chi connectivity index (χ4n) is 3.42. The summed E-state index contributed by atoms with van der Waals surface area (Å²) < 4.78 is 5.45. The van der Waals surface area contributed by atoms with Gasteiger partial charge < -0.3 is 20.1 Å². The molecule has 6 heteroatoms. The lowest BCUT2D eigenvalue weighted by atomic mass is 9.73. The number of carboxylic acids is 1. The van der Waals surface area contributed by atoms with Gasteiger partial charge in [0.25, 0.3) is 0 Å². The Morgan fingerprint density at radius 3 is 2.29 bits per heavy atom. The fraction of sp³-hybridized carbons (Fsp3) is 0.867. The van der Waals surface area contributed by atoms with Crippen molar-refractivity contribution >= 4 is 12.1 Å². The molecule has 6 nitrogen and oxygen atoms in total. The quantitative estimate of drug-likeness (QED) is 0.826. The van der Waals surface area contributed by atoms with Crippen LogP contribution in [0.1, 0.15) is 33.6 Å². The van der Waals surface area contributed by atoms with Crippen molar-refractivity contribution < 1.29 is 19.4 Å². The number of rotatable bonds is 3. The molecule has 2 fully saturated rings. The van der Waals surface area contributed by atoms with E-state index in [-0.39, 0.29) is 12.5 Å². The molecule has 0 aliphatic carbocycles. The summed E-state index contributed by atoms with van der Waals surface area (Å²) in [5.74, 6) is 0.297. The molecule has 2 unspecified atom stereocenters. The van der Waals surface area contributed by atoms with Gasteiger partial charge in [-0.05, 0) is 58.0 Å². The van der Waals surface area contributed by atoms with Crippen molar-refractivity contribution in [1.82, 2.24) is 10.2 Å². The van der Waals surface area contributed by atoms with Crippen LogP contribution in [0.15, 0.2) is 0 Å². The minimum absolute atomic E-state index is 0.212. The van der Waals surface area contributed by atoms with Crippen LogP contribution in [0, 0.1) is 17.8 Å². The molecule has 21 heavy (non-hydrogen) atoms. The standard InChI is InChI=1S/C15H26N2O4/c1-15(2,3)21-14(20)17-8-10-6-16-7-11(9-17)12(10)4-5-13(18)19/h10-12,16H,4-9H2,1-3H3,(H,18,19). The highest BCUT2D eigenvalue weighted by Gasteiger charge is 2.41. The SMILES string of the molecule is CC(C)(C)OC(=O)N1CC2CNCC(C1)C2CCC(=O)O. The van der Waals surface area contributed by atoms with Crippen molar-refractivity contribution in [2.75, 3.05) is 26.2 Å². The van der Waals surface area contributed by atoms with E-state index >= 15 is 0 Å². The van der Waals surface area contributed by atoms with E-state index in [9.17, 15) is 9.59 Å². The smallest absolute Gasteiger partial charge is 0.410 e. The number of likely N-dealkylation sites (tertiary alicyclic amines) is 1. The van der Waals surface area contributed by atoms with E-state index in [2.05, 4.69) is 5.32 Å². The molecule has 0 radical (unpaired) electrons. The lowest BCUT2D eigenvalue weighted by Gasteiger charge is -2.47. The number of piperidine rings is 2. The van der Waals surface area contributed by atoms with Crippen LogP contribution in [0.2, 0.25) is 0 Å². The van der Waals surface area contributed by atoms with Crippen molar-refractivity contribution in [3.63, 3.8) is 0 Å². The Hall–Kier alpha value is -1.30. The molecule has 2 bridgehead atoms. The monoisotopic (exact) mass is 298 g/mol. The third kappa shape index (κ3) is 4.33. The third-order valence-corrected chi connectivity index (χ3v) is 4.28. The van der Waals surface area contributed by atoms with Gasteiger partial charge in [-0.15, -0.1) is 0 Å². The Bertz CT molecular complexity index is 391. The first-order chi connectivity index (χ1) is 9.76. The number of carbonyl (C=O) groups is 2. The van der Waals surface area contributed by atoms with E-state index in [0.29, 0.717) is 37.3 Å². The van der Waals surface area contributed by atoms with Crippen LogP contribution >= 0.6 is 0 Å². The molecule has 0 saturated carbocycles. The molecule has 2 saturated heterocycles. The molecule has 2 atom stereocenters. The Morgan fingerprint density at radius 1 is 1.24 bits per heavy atom. The summed E-state index contributed by atoms with van der Waals surface area (Å²) in [5.41, 5.74) is -0.482. The van der Waals surface area contributed by atoms with Crippen molar-refractivity contribution in [1.29, 1.82) is 0 Å². The summed E-state index contributed by atoms with van der Waals surface area (Å²) in [4.78, 5) is 24.8. The van der Waals surface area contributed by atoms with Crippen LogP contribution < -0.4 is 5.32 Å². The van der Waals surface area contributed by atoms with Crippen LogP contribution in [0.4, 0.5) is 4.79 Å². The van der Waals surface area contributed by atoms with Gasteiger partial charge in [-0.1, -0.05) is 0 Å². The number of aliphatic carboxylic acids is 1. The zero-order valence-corrected chi connectivity index (χ0v) is 13.1. The summed E-state index contributed by atoms with van der Waals surface area (Å²) in [6, 6.07) is 0. The molecule has 0 aromatic carbocycles. The van der Waals surface area contributed by atoms with Gasteiger partial charge in [-0.25, -0.2) is 4.79 Å². The Morgan fingerprint density at radius 2 is 1.81 bits per heavy atom. The van der Waals surface area contributed by atoms with Crippen molar-refractivity contribution in [2.45, 2.75) is 39.2 Å². The second kappa shape index (κ2) is 6.22. The van der Waals surface area contributed by atoms with Gasteiger partial charge in [-0.2, -0.15) is 0 Å². The number of fused-ring (bicyclic) bond motifs is 2. The van der Waals surface area contributed by atoms with Gasteiger partial charge in [0, 0.05) is 19.5 Å². The second-order valence-corrected chi connectivity index (χ2v) is 7.16. The Labute approximate surface area is 125 Å². The zero-order valence-electron chi connectivity index (χ0n) is 13.1. The molecule has 0 aromatic rings. The number of hydrogen-bond donors (Lipinski definition) is 2. The topological polar surface area (TPSA) is 78.9 Å². The minimum Gasteiger partial charge on any atom is -0.481 e. The molecule has 2 N–H and O–H groups in total. The molecule has 1 amide bonds. The number of amides is 1. The predicted octanol–water partition coefficient (Wildman–Crippen LogP) is 1.55. The molecule has 0 aromatic heterocycles. The van der Waals surface area contributed by atoms with Gasteiger partial charge in [0.1, 0.15) is 5.60 Å². The maximum atomic E-state index is 12.2. The van der Waals surface area contributed by atoms with Gasteiger partial charge in [0.2, 0.25) is 0 Å². The zero-order chi connectivity index (χ0) is 15.6. The second-order valence-electron chi connectivity index (χ2n) is 7.16. The molecule has 2 aliphatic rings. The molecule has 0 spiro atoms. The van der Waals surface area contributed by atoms with Crippen molar-refractivity contribution in [3.8, 4) is 0 Å². The molecule has 2 heterocycles. The average Bonchev–Trinajstić information content (AvgIpc) is 2.32. The highest BCUT2D eigenvalue weighted by Crippen LogP contribution is 2.35. The van der Waals surface area contributed by atoms with E-state index in [0.717, 1.165) is 13.1 Å². The Kier molecular flexibility index (Phi) is 4.76. The first-order valence-corrected chi connectivity index (χ1v) is 7.66. The van der Waals surface area contributed by atoms with Gasteiger partial charge in [0.15, 0.2) is 0 Å². The lowest BCUT2D eigenvalue weighted by Crippen LogP contribution is -2.58. The van der Waals surface area contributed by atoms with Crippen LogP contribution in [-0.2, 0) is 9.53 Å². The number of carboxylic acid groups (broad SMARTS) is 1. The summed E-state index contributed by atoms with van der Waals surface area (Å²) in [6.07, 6.45) is 0.662. The van der Waals surface area contributed by atoms with E-state index in [1.807, 2.05) is 20.8 Å². The number of carbonyl (C=O) groups excluding carboxylic acids is 1. The first-order valence-electron chi connectivity index (χ1n) is 7.66. The van der Waals surface area contributed by atoms with E-state index in [4.69, 9.17) is 9.84 Å². The Balaban J connectivity index is 1.97. The van der Waals surface area contributed by atoms with Gasteiger partial charge in [0.05, 0.1) is 0 Å². The molecule has 2 rings (SSSR count). The molecular weight excluding hydrogens is 272 g/mol. The molecule has 120 valence electrons. The predicted molar refractivity (Wildman–Crippen MR) is 78.0 cm³/mol. The normalized spacial score (nSPS) is 29.1. The maximum Gasteiger partial charge on any atom is 0.410 e. The van der Waals surface area contributed by atoms with Crippen LogP contribution in [0.5, 0.6) is 0 Å². The number of ether oxygens (including phenoxy) is 1. The number of nitrogens with zero attached hydrogens (tertiary/aromatic N) is 1. The average molecular weight is 298 g/mol. The molecular formula is C15H26N2O4. The van der Waals surface area contributed by atoms with Crippen molar-refractivity contribution in [2.24, 2.45) is 17.8 Å². The molecule has 2 aliphatic heterocycles. The van der Waals surface area contributed by atoms with E-state index < -0.39 is 11.6 Å². The first kappa shape index (κ1) is 16.1. The summed E-state index contributed by atoms with van der Waals surface area (Å²) in [6.45, 7) is 8.61. The van der Waals surface area contributed by atoms with Crippen LogP contribution in [0.25, 0.3) is 0 Å². The van der Waals surface area contributed by atoms with Gasteiger partial charge >= 0.3 is 12.1 Å². The van der Waals surface area contributed by atoms with Crippen LogP contribution in [-0.4, -0.2) is 53.8 Å². The van der Waals surface area contributed by atoms with E-state index in [1.54, 1.807) is 4.90 Å². The number of hydrogen-bond acceptors (Lipinski definition) is 4. The van der Waals surface area contributed by atoms with E-state index in [1.165, 1.54) is 0 Å². The highest BCUT2D eigenvalue weighted by molar-refractivity contribution is 5.68. The third-order valence-electron chi connectivity index (χ3n) is 4.28. The minimum atomic E-state index is -0.740. The summed E-state index contributed by atoms with van der Waals surface area (Å²) >= 11 is 0. The number of nitrogens with one attached hydrogen (secondary N) is 1.